The van der Waals surface area contributed by atoms with Crippen LogP contribution >= 0.6 is 0 Å². The molecule has 1 heterocycles. The van der Waals surface area contributed by atoms with Crippen LogP contribution in [0.4, 0.5) is 0 Å². The van der Waals surface area contributed by atoms with Gasteiger partial charge in [-0.2, -0.15) is 0 Å². The maximum atomic E-state index is 12.2. The van der Waals surface area contributed by atoms with Gasteiger partial charge in [0.15, 0.2) is 0 Å². The van der Waals surface area contributed by atoms with Crippen LogP contribution in [0.1, 0.15) is 46.5 Å². The molecule has 0 aliphatic carbocycles. The Bertz CT molecular complexity index is 249. The summed E-state index contributed by atoms with van der Waals surface area (Å²) in [5.74, 6) is 0.715. The van der Waals surface area contributed by atoms with Gasteiger partial charge in [0.25, 0.3) is 0 Å². The standard InChI is InChI=1S/C15H30N2O2/c1-4-19-12-14(13(2)3)16-11-15(18)17-9-7-5-6-8-10-17/h13-14,16H,4-12H2,1-3H3. The molecule has 1 unspecified atom stereocenters. The van der Waals surface area contributed by atoms with E-state index in [2.05, 4.69) is 19.2 Å². The highest BCUT2D eigenvalue weighted by Crippen LogP contribution is 2.09. The second kappa shape index (κ2) is 9.32. The zero-order valence-electron chi connectivity index (χ0n) is 12.8. The number of hydrogen-bond acceptors (Lipinski definition) is 3. The van der Waals surface area contributed by atoms with Crippen LogP contribution in [0.25, 0.3) is 0 Å². The first-order valence-corrected chi connectivity index (χ1v) is 7.74. The molecular formula is C15H30N2O2. The van der Waals surface area contributed by atoms with Crippen molar-refractivity contribution in [2.45, 2.75) is 52.5 Å². The molecule has 0 aromatic carbocycles. The van der Waals surface area contributed by atoms with Gasteiger partial charge >= 0.3 is 0 Å². The van der Waals surface area contributed by atoms with E-state index >= 15 is 0 Å². The molecule has 1 rings (SSSR count). The summed E-state index contributed by atoms with van der Waals surface area (Å²) >= 11 is 0. The summed E-state index contributed by atoms with van der Waals surface area (Å²) in [5.41, 5.74) is 0. The molecule has 0 bridgehead atoms. The number of nitrogens with one attached hydrogen (secondary N) is 1. The van der Waals surface area contributed by atoms with Crippen molar-refractivity contribution in [3.8, 4) is 0 Å². The molecule has 1 amide bonds. The van der Waals surface area contributed by atoms with Crippen molar-refractivity contribution in [3.05, 3.63) is 0 Å². The molecule has 1 saturated heterocycles. The highest BCUT2D eigenvalue weighted by molar-refractivity contribution is 5.78. The molecule has 19 heavy (non-hydrogen) atoms. The lowest BCUT2D eigenvalue weighted by atomic mass is 10.1. The van der Waals surface area contributed by atoms with Gasteiger partial charge in [-0.3, -0.25) is 4.79 Å². The predicted molar refractivity (Wildman–Crippen MR) is 78.2 cm³/mol. The molecule has 0 aromatic heterocycles. The third kappa shape index (κ3) is 6.39. The normalized spacial score (nSPS) is 18.4. The summed E-state index contributed by atoms with van der Waals surface area (Å²) in [4.78, 5) is 14.2. The van der Waals surface area contributed by atoms with Crippen molar-refractivity contribution in [1.82, 2.24) is 10.2 Å². The van der Waals surface area contributed by atoms with Gasteiger partial charge in [0.2, 0.25) is 5.91 Å². The lowest BCUT2D eigenvalue weighted by Gasteiger charge is -2.25. The molecule has 1 N–H and O–H groups in total. The summed E-state index contributed by atoms with van der Waals surface area (Å²) in [7, 11) is 0. The fourth-order valence-corrected chi connectivity index (χ4v) is 2.38. The molecular weight excluding hydrogens is 240 g/mol. The quantitative estimate of drug-likeness (QED) is 0.770. The molecule has 1 atom stereocenters. The lowest BCUT2D eigenvalue weighted by molar-refractivity contribution is -0.130. The molecule has 0 aromatic rings. The predicted octanol–water partition coefficient (Wildman–Crippen LogP) is 2.04. The summed E-state index contributed by atoms with van der Waals surface area (Å²) in [6, 6.07) is 0.260. The highest BCUT2D eigenvalue weighted by Gasteiger charge is 2.18. The summed E-state index contributed by atoms with van der Waals surface area (Å²) in [6.45, 7) is 10.0. The molecule has 0 saturated carbocycles. The second-order valence-corrected chi connectivity index (χ2v) is 5.69. The zero-order valence-corrected chi connectivity index (χ0v) is 12.8. The Morgan fingerprint density at radius 3 is 2.37 bits per heavy atom. The van der Waals surface area contributed by atoms with Crippen LogP contribution in [0.3, 0.4) is 0 Å². The number of amides is 1. The maximum absolute atomic E-state index is 12.2. The number of rotatable bonds is 7. The van der Waals surface area contributed by atoms with Crippen molar-refractivity contribution >= 4 is 5.91 Å². The van der Waals surface area contributed by atoms with Gasteiger partial charge in [0.05, 0.1) is 13.2 Å². The smallest absolute Gasteiger partial charge is 0.236 e. The van der Waals surface area contributed by atoms with Crippen LogP contribution in [0.15, 0.2) is 0 Å². The van der Waals surface area contributed by atoms with Crippen molar-refractivity contribution in [2.75, 3.05) is 32.8 Å². The first-order chi connectivity index (χ1) is 9.15. The van der Waals surface area contributed by atoms with E-state index in [0.29, 0.717) is 19.1 Å². The Morgan fingerprint density at radius 1 is 1.21 bits per heavy atom. The number of likely N-dealkylation sites (tertiary alicyclic amines) is 1. The highest BCUT2D eigenvalue weighted by atomic mass is 16.5. The third-order valence-electron chi connectivity index (χ3n) is 3.78. The number of carbonyl (C=O) groups is 1. The van der Waals surface area contributed by atoms with Gasteiger partial charge in [0.1, 0.15) is 0 Å². The van der Waals surface area contributed by atoms with Gasteiger partial charge < -0.3 is 15.0 Å². The number of ether oxygens (including phenoxy) is 1. The first-order valence-electron chi connectivity index (χ1n) is 7.74. The average molecular weight is 270 g/mol. The Labute approximate surface area is 117 Å². The fraction of sp³-hybridized carbons (Fsp3) is 0.933. The topological polar surface area (TPSA) is 41.6 Å². The Kier molecular flexibility index (Phi) is 8.07. The van der Waals surface area contributed by atoms with E-state index in [9.17, 15) is 4.79 Å². The van der Waals surface area contributed by atoms with Crippen molar-refractivity contribution in [1.29, 1.82) is 0 Å². The largest absolute Gasteiger partial charge is 0.380 e. The van der Waals surface area contributed by atoms with Gasteiger partial charge in [-0.25, -0.2) is 0 Å². The Balaban J connectivity index is 2.33. The van der Waals surface area contributed by atoms with Crippen LogP contribution in [-0.4, -0.2) is 49.7 Å². The van der Waals surface area contributed by atoms with Crippen LogP contribution in [0.5, 0.6) is 0 Å². The van der Waals surface area contributed by atoms with Crippen molar-refractivity contribution < 1.29 is 9.53 Å². The minimum absolute atomic E-state index is 0.240. The molecule has 0 spiro atoms. The third-order valence-corrected chi connectivity index (χ3v) is 3.78. The van der Waals surface area contributed by atoms with E-state index in [1.54, 1.807) is 0 Å². The monoisotopic (exact) mass is 270 g/mol. The maximum Gasteiger partial charge on any atom is 0.236 e. The van der Waals surface area contributed by atoms with Crippen LogP contribution in [-0.2, 0) is 9.53 Å². The van der Waals surface area contributed by atoms with Gasteiger partial charge in [-0.1, -0.05) is 26.7 Å². The summed E-state index contributed by atoms with van der Waals surface area (Å²) < 4.78 is 5.47. The van der Waals surface area contributed by atoms with E-state index in [1.165, 1.54) is 12.8 Å². The van der Waals surface area contributed by atoms with Crippen LogP contribution < -0.4 is 5.32 Å². The molecule has 1 aliphatic heterocycles. The first kappa shape index (κ1) is 16.4. The van der Waals surface area contributed by atoms with Crippen LogP contribution in [0, 0.1) is 5.92 Å². The van der Waals surface area contributed by atoms with E-state index in [1.807, 2.05) is 11.8 Å². The van der Waals surface area contributed by atoms with Gasteiger partial charge in [0, 0.05) is 25.7 Å². The van der Waals surface area contributed by atoms with Gasteiger partial charge in [-0.05, 0) is 25.7 Å². The van der Waals surface area contributed by atoms with Gasteiger partial charge in [-0.15, -0.1) is 0 Å². The van der Waals surface area contributed by atoms with E-state index in [0.717, 1.165) is 32.5 Å². The van der Waals surface area contributed by atoms with Crippen LogP contribution in [0.2, 0.25) is 0 Å². The Morgan fingerprint density at radius 2 is 1.84 bits per heavy atom. The number of hydrogen-bond donors (Lipinski definition) is 1. The van der Waals surface area contributed by atoms with Crippen molar-refractivity contribution in [3.63, 3.8) is 0 Å². The molecule has 1 fully saturated rings. The minimum atomic E-state index is 0.240. The molecule has 4 heteroatoms. The minimum Gasteiger partial charge on any atom is -0.380 e. The van der Waals surface area contributed by atoms with E-state index < -0.39 is 0 Å². The Hall–Kier alpha value is -0.610. The van der Waals surface area contributed by atoms with Crippen molar-refractivity contribution in [2.24, 2.45) is 5.92 Å². The second-order valence-electron chi connectivity index (χ2n) is 5.69. The molecule has 112 valence electrons. The fourth-order valence-electron chi connectivity index (χ4n) is 2.38. The number of carbonyl (C=O) groups excluding carboxylic acids is 1. The summed E-state index contributed by atoms with van der Waals surface area (Å²) in [6.07, 6.45) is 4.82. The van der Waals surface area contributed by atoms with E-state index in [4.69, 9.17) is 4.74 Å². The zero-order chi connectivity index (χ0) is 14.1. The summed E-state index contributed by atoms with van der Waals surface area (Å²) in [5, 5.41) is 3.36. The lowest BCUT2D eigenvalue weighted by Crippen LogP contribution is -2.45. The molecule has 1 aliphatic rings. The molecule has 4 nitrogen and oxygen atoms in total. The van der Waals surface area contributed by atoms with E-state index in [-0.39, 0.29) is 11.9 Å². The number of nitrogens with zero attached hydrogens (tertiary/aromatic N) is 1. The molecule has 0 radical (unpaired) electrons. The SMILES string of the molecule is CCOCC(NCC(=O)N1CCCCCC1)C(C)C. The average Bonchev–Trinajstić information content (AvgIpc) is 2.67.